The maximum Gasteiger partial charge on any atom is 0.149 e. The van der Waals surface area contributed by atoms with E-state index in [1.807, 2.05) is 36.4 Å². The first-order valence-corrected chi connectivity index (χ1v) is 9.72. The summed E-state index contributed by atoms with van der Waals surface area (Å²) in [4.78, 5) is 12.5. The smallest absolute Gasteiger partial charge is 0.149 e. The first kappa shape index (κ1) is 18.0. The Kier molecular flexibility index (Phi) is 4.66. The highest BCUT2D eigenvalue weighted by Crippen LogP contribution is 2.34. The van der Waals surface area contributed by atoms with Gasteiger partial charge in [0.05, 0.1) is 22.9 Å². The molecule has 0 spiro atoms. The van der Waals surface area contributed by atoms with E-state index in [2.05, 4.69) is 46.4 Å². The predicted octanol–water partition coefficient (Wildman–Crippen LogP) is 6.79. The molecule has 1 aromatic heterocycles. The number of aromatic amines is 1. The molecule has 0 radical (unpaired) electrons. The molecule has 5 rings (SSSR count). The molecule has 0 unspecified atom stereocenters. The van der Waals surface area contributed by atoms with E-state index in [1.54, 1.807) is 24.4 Å². The number of imidazole rings is 1. The van der Waals surface area contributed by atoms with Crippen LogP contribution in [0.25, 0.3) is 33.3 Å². The molecule has 1 N–H and O–H groups in total. The largest absolute Gasteiger partial charge is 0.337 e. The van der Waals surface area contributed by atoms with Crippen molar-refractivity contribution in [2.75, 3.05) is 0 Å². The number of para-hydroxylation sites is 1. The summed E-state index contributed by atoms with van der Waals surface area (Å²) in [5, 5.41) is 0. The van der Waals surface area contributed by atoms with Gasteiger partial charge >= 0.3 is 0 Å². The fraction of sp³-hybridized carbons (Fsp3) is 0. The SMILES string of the molecule is Fc1ccccc1/N=C/c1nc2c(-c3ccccc3)ccc(-c3ccccc3)c2[nH]1. The zero-order valence-electron chi connectivity index (χ0n) is 16.1. The van der Waals surface area contributed by atoms with Gasteiger partial charge in [-0.25, -0.2) is 14.4 Å². The van der Waals surface area contributed by atoms with E-state index in [4.69, 9.17) is 4.98 Å². The third kappa shape index (κ3) is 3.40. The number of nitrogens with zero attached hydrogens (tertiary/aromatic N) is 2. The van der Waals surface area contributed by atoms with Gasteiger partial charge in [-0.15, -0.1) is 0 Å². The Balaban J connectivity index is 1.68. The van der Waals surface area contributed by atoms with Crippen LogP contribution in [-0.4, -0.2) is 16.2 Å². The van der Waals surface area contributed by atoms with Crippen molar-refractivity contribution < 1.29 is 4.39 Å². The lowest BCUT2D eigenvalue weighted by atomic mass is 9.98. The lowest BCUT2D eigenvalue weighted by Crippen LogP contribution is -1.85. The van der Waals surface area contributed by atoms with E-state index >= 15 is 0 Å². The van der Waals surface area contributed by atoms with Crippen molar-refractivity contribution in [1.82, 2.24) is 9.97 Å². The Bertz CT molecular complexity index is 1260. The molecule has 0 aliphatic rings. The number of fused-ring (bicyclic) bond motifs is 1. The van der Waals surface area contributed by atoms with Crippen LogP contribution >= 0.6 is 0 Å². The van der Waals surface area contributed by atoms with E-state index in [9.17, 15) is 4.39 Å². The van der Waals surface area contributed by atoms with Crippen LogP contribution in [0.4, 0.5) is 10.1 Å². The number of aliphatic imine (C=N–C) groups is 1. The number of nitrogens with one attached hydrogen (secondary N) is 1. The normalized spacial score (nSPS) is 11.4. The Morgan fingerprint density at radius 1 is 0.700 bits per heavy atom. The van der Waals surface area contributed by atoms with Gasteiger partial charge in [-0.3, -0.25) is 0 Å². The molecule has 4 heteroatoms. The molecule has 0 saturated heterocycles. The van der Waals surface area contributed by atoms with Gasteiger partial charge in [0, 0.05) is 11.1 Å². The molecule has 0 amide bonds. The van der Waals surface area contributed by atoms with E-state index in [1.165, 1.54) is 6.07 Å². The van der Waals surface area contributed by atoms with Gasteiger partial charge in [0.25, 0.3) is 0 Å². The molecule has 30 heavy (non-hydrogen) atoms. The van der Waals surface area contributed by atoms with Crippen molar-refractivity contribution in [2.45, 2.75) is 0 Å². The molecule has 0 aliphatic carbocycles. The van der Waals surface area contributed by atoms with Gasteiger partial charge in [0.2, 0.25) is 0 Å². The number of hydrogen-bond acceptors (Lipinski definition) is 2. The summed E-state index contributed by atoms with van der Waals surface area (Å²) in [5.41, 5.74) is 6.35. The third-order valence-electron chi connectivity index (χ3n) is 5.01. The van der Waals surface area contributed by atoms with E-state index in [0.29, 0.717) is 5.82 Å². The summed E-state index contributed by atoms with van der Waals surface area (Å²) in [6.45, 7) is 0. The van der Waals surface area contributed by atoms with Crippen molar-refractivity contribution in [3.05, 3.63) is 109 Å². The molecule has 4 aromatic carbocycles. The standard InChI is InChI=1S/C26H18FN3/c27-22-13-7-8-14-23(22)28-17-24-29-25-20(18-9-3-1-4-10-18)15-16-21(26(25)30-24)19-11-5-2-6-12-19/h1-17H,(H,29,30)/b28-17+. The molecule has 0 aliphatic heterocycles. The van der Waals surface area contributed by atoms with Crippen molar-refractivity contribution in [2.24, 2.45) is 4.99 Å². The fourth-order valence-electron chi connectivity index (χ4n) is 3.57. The van der Waals surface area contributed by atoms with Crippen molar-refractivity contribution in [3.8, 4) is 22.3 Å². The highest BCUT2D eigenvalue weighted by Gasteiger charge is 2.13. The van der Waals surface area contributed by atoms with Crippen molar-refractivity contribution in [3.63, 3.8) is 0 Å². The number of rotatable bonds is 4. The minimum atomic E-state index is -0.361. The summed E-state index contributed by atoms with van der Waals surface area (Å²) >= 11 is 0. The summed E-state index contributed by atoms with van der Waals surface area (Å²) in [5.74, 6) is 0.216. The quantitative estimate of drug-likeness (QED) is 0.337. The van der Waals surface area contributed by atoms with Crippen molar-refractivity contribution in [1.29, 1.82) is 0 Å². The number of halogens is 1. The van der Waals surface area contributed by atoms with E-state index in [-0.39, 0.29) is 11.5 Å². The Labute approximate surface area is 173 Å². The molecule has 0 saturated carbocycles. The Morgan fingerprint density at radius 3 is 2.00 bits per heavy atom. The number of benzene rings is 4. The first-order valence-electron chi connectivity index (χ1n) is 9.72. The summed E-state index contributed by atoms with van der Waals surface area (Å²) < 4.78 is 13.9. The molecule has 1 heterocycles. The van der Waals surface area contributed by atoms with Gasteiger partial charge < -0.3 is 4.98 Å². The lowest BCUT2D eigenvalue weighted by molar-refractivity contribution is 0.630. The highest BCUT2D eigenvalue weighted by atomic mass is 19.1. The zero-order valence-corrected chi connectivity index (χ0v) is 16.1. The zero-order chi connectivity index (χ0) is 20.3. The van der Waals surface area contributed by atoms with Crippen LogP contribution in [0, 0.1) is 5.82 Å². The van der Waals surface area contributed by atoms with Crippen LogP contribution in [0.5, 0.6) is 0 Å². The van der Waals surface area contributed by atoms with Gasteiger partial charge in [-0.05, 0) is 23.3 Å². The molecule has 0 atom stereocenters. The maximum absolute atomic E-state index is 13.9. The van der Waals surface area contributed by atoms with Crippen LogP contribution in [0.3, 0.4) is 0 Å². The molecule has 0 fully saturated rings. The number of aromatic nitrogens is 2. The lowest BCUT2D eigenvalue weighted by Gasteiger charge is -2.07. The average molecular weight is 391 g/mol. The van der Waals surface area contributed by atoms with Crippen LogP contribution in [0.1, 0.15) is 5.82 Å². The van der Waals surface area contributed by atoms with E-state index in [0.717, 1.165) is 33.3 Å². The summed E-state index contributed by atoms with van der Waals surface area (Å²) in [6, 6.07) is 31.0. The number of H-pyrrole nitrogens is 1. The highest BCUT2D eigenvalue weighted by molar-refractivity contribution is 6.02. The first-order chi connectivity index (χ1) is 14.8. The van der Waals surface area contributed by atoms with Gasteiger partial charge in [-0.1, -0.05) is 84.9 Å². The summed E-state index contributed by atoms with van der Waals surface area (Å²) in [7, 11) is 0. The average Bonchev–Trinajstić information content (AvgIpc) is 3.23. The van der Waals surface area contributed by atoms with Crippen LogP contribution < -0.4 is 0 Å². The van der Waals surface area contributed by atoms with Crippen LogP contribution in [-0.2, 0) is 0 Å². The second kappa shape index (κ2) is 7.76. The molecular formula is C26H18FN3. The predicted molar refractivity (Wildman–Crippen MR) is 121 cm³/mol. The van der Waals surface area contributed by atoms with Gasteiger partial charge in [-0.2, -0.15) is 0 Å². The topological polar surface area (TPSA) is 41.0 Å². The second-order valence-corrected chi connectivity index (χ2v) is 6.95. The van der Waals surface area contributed by atoms with Gasteiger partial charge in [0.15, 0.2) is 0 Å². The molecule has 0 bridgehead atoms. The monoisotopic (exact) mass is 391 g/mol. The molecular weight excluding hydrogens is 373 g/mol. The Morgan fingerprint density at radius 2 is 1.30 bits per heavy atom. The molecule has 144 valence electrons. The second-order valence-electron chi connectivity index (χ2n) is 6.95. The minimum Gasteiger partial charge on any atom is -0.337 e. The van der Waals surface area contributed by atoms with E-state index < -0.39 is 0 Å². The van der Waals surface area contributed by atoms with Crippen LogP contribution in [0.2, 0.25) is 0 Å². The number of hydrogen-bond donors (Lipinski definition) is 1. The minimum absolute atomic E-state index is 0.282. The maximum atomic E-state index is 13.9. The fourth-order valence-corrected chi connectivity index (χ4v) is 3.57. The Hall–Kier alpha value is -4.05. The molecule has 3 nitrogen and oxygen atoms in total. The molecule has 5 aromatic rings. The summed E-state index contributed by atoms with van der Waals surface area (Å²) in [6.07, 6.45) is 1.57. The van der Waals surface area contributed by atoms with Crippen LogP contribution in [0.15, 0.2) is 102 Å². The van der Waals surface area contributed by atoms with Crippen molar-refractivity contribution >= 4 is 22.9 Å². The van der Waals surface area contributed by atoms with Gasteiger partial charge in [0.1, 0.15) is 11.6 Å². The third-order valence-corrected chi connectivity index (χ3v) is 5.01.